The van der Waals surface area contributed by atoms with Gasteiger partial charge in [0.15, 0.2) is 0 Å². The molecule has 0 aliphatic heterocycles. The normalized spacial score (nSPS) is 13.9. The number of nitrogens with one attached hydrogen (secondary N) is 1. The maximum absolute atomic E-state index is 13.0. The van der Waals surface area contributed by atoms with Crippen LogP contribution in [-0.2, 0) is 33.9 Å². The number of alkyl halides is 3. The zero-order valence-electron chi connectivity index (χ0n) is 21.3. The van der Waals surface area contributed by atoms with E-state index in [4.69, 9.17) is 0 Å². The van der Waals surface area contributed by atoms with Crippen LogP contribution in [0.15, 0.2) is 72.8 Å². The average Bonchev–Trinajstić information content (AvgIpc) is 2.87. The van der Waals surface area contributed by atoms with Crippen molar-refractivity contribution in [2.75, 3.05) is 17.4 Å². The Hall–Kier alpha value is -2.73. The highest BCUT2D eigenvalue weighted by atomic mass is 32.2. The van der Waals surface area contributed by atoms with Crippen LogP contribution in [0.25, 0.3) is 11.1 Å². The maximum Gasteiger partial charge on any atom is 0.416 e. The molecule has 0 radical (unpaired) electrons. The van der Waals surface area contributed by atoms with Crippen molar-refractivity contribution in [3.8, 4) is 11.1 Å². The Morgan fingerprint density at radius 3 is 2.05 bits per heavy atom. The van der Waals surface area contributed by atoms with E-state index >= 15 is 0 Å². The number of anilines is 1. The van der Waals surface area contributed by atoms with E-state index in [0.29, 0.717) is 13.0 Å². The molecule has 0 aliphatic carbocycles. The van der Waals surface area contributed by atoms with E-state index in [0.717, 1.165) is 38.7 Å². The van der Waals surface area contributed by atoms with Crippen LogP contribution in [0.4, 0.5) is 18.9 Å². The van der Waals surface area contributed by atoms with Crippen molar-refractivity contribution in [3.63, 3.8) is 0 Å². The fourth-order valence-electron chi connectivity index (χ4n) is 3.76. The number of hydrogen-bond donors (Lipinski definition) is 2. The van der Waals surface area contributed by atoms with Crippen molar-refractivity contribution >= 4 is 27.0 Å². The third-order valence-electron chi connectivity index (χ3n) is 6.23. The molecule has 0 aromatic heterocycles. The van der Waals surface area contributed by atoms with Gasteiger partial charge in [-0.15, -0.1) is 0 Å². The summed E-state index contributed by atoms with van der Waals surface area (Å²) in [4.78, 5) is 0. The first kappa shape index (κ1) is 29.8. The van der Waals surface area contributed by atoms with E-state index in [9.17, 15) is 30.4 Å². The van der Waals surface area contributed by atoms with Crippen LogP contribution in [0.1, 0.15) is 43.4 Å². The Morgan fingerprint density at radius 2 is 1.53 bits per heavy atom. The number of rotatable bonds is 11. The van der Waals surface area contributed by atoms with Crippen molar-refractivity contribution in [1.29, 1.82) is 0 Å². The van der Waals surface area contributed by atoms with Gasteiger partial charge in [0.1, 0.15) is 0 Å². The van der Waals surface area contributed by atoms with Gasteiger partial charge in [0.05, 0.1) is 16.5 Å². The molecule has 206 valence electrons. The van der Waals surface area contributed by atoms with Crippen LogP contribution in [0.3, 0.4) is 0 Å². The highest BCUT2D eigenvalue weighted by Gasteiger charge is 2.31. The van der Waals surface area contributed by atoms with Gasteiger partial charge in [-0.05, 0) is 66.6 Å². The van der Waals surface area contributed by atoms with Crippen molar-refractivity contribution in [2.24, 2.45) is 0 Å². The zero-order chi connectivity index (χ0) is 28.1. The first-order chi connectivity index (χ1) is 17.8. The highest BCUT2D eigenvalue weighted by molar-refractivity contribution is 7.90. The summed E-state index contributed by atoms with van der Waals surface area (Å²) in [6.07, 6.45) is -4.19. The SMILES string of the molecule is CC(CNS(=O)(=O)C(C)C)c1ccc(-c2ccc(CCN(c3cccc(C(F)(F)F)c3)S(=O)O)cc2)cc1. The molecule has 0 saturated carbocycles. The Bertz CT molecular complexity index is 1340. The molecule has 3 aromatic carbocycles. The summed E-state index contributed by atoms with van der Waals surface area (Å²) in [5.41, 5.74) is 2.92. The van der Waals surface area contributed by atoms with Crippen molar-refractivity contribution in [2.45, 2.75) is 44.5 Å². The molecule has 38 heavy (non-hydrogen) atoms. The minimum absolute atomic E-state index is 0.00296. The lowest BCUT2D eigenvalue weighted by atomic mass is 9.97. The van der Waals surface area contributed by atoms with Gasteiger partial charge < -0.3 is 0 Å². The molecule has 2 unspecified atom stereocenters. The number of benzene rings is 3. The van der Waals surface area contributed by atoms with Crippen molar-refractivity contribution in [1.82, 2.24) is 4.72 Å². The van der Waals surface area contributed by atoms with Gasteiger partial charge in [-0.2, -0.15) is 13.2 Å². The lowest BCUT2D eigenvalue weighted by molar-refractivity contribution is -0.137. The minimum atomic E-state index is -4.55. The quantitative estimate of drug-likeness (QED) is 0.278. The van der Waals surface area contributed by atoms with Gasteiger partial charge in [-0.3, -0.25) is 8.86 Å². The topological polar surface area (TPSA) is 86.7 Å². The van der Waals surface area contributed by atoms with Crippen LogP contribution in [-0.4, -0.2) is 35.5 Å². The minimum Gasteiger partial charge on any atom is -0.289 e. The Labute approximate surface area is 224 Å². The molecule has 0 saturated heterocycles. The van der Waals surface area contributed by atoms with E-state index in [-0.39, 0.29) is 18.2 Å². The van der Waals surface area contributed by atoms with Gasteiger partial charge in [0.2, 0.25) is 10.0 Å². The first-order valence-electron chi connectivity index (χ1n) is 12.0. The lowest BCUT2D eigenvalue weighted by Crippen LogP contribution is -2.33. The molecule has 2 atom stereocenters. The molecule has 3 rings (SSSR count). The van der Waals surface area contributed by atoms with Gasteiger partial charge in [-0.1, -0.05) is 61.5 Å². The molecule has 0 amide bonds. The zero-order valence-corrected chi connectivity index (χ0v) is 22.9. The fourth-order valence-corrected chi connectivity index (χ4v) is 5.12. The Kier molecular flexibility index (Phi) is 9.74. The Morgan fingerprint density at radius 1 is 0.947 bits per heavy atom. The van der Waals surface area contributed by atoms with E-state index in [1.807, 2.05) is 55.5 Å². The number of halogens is 3. The number of sulfonamides is 1. The second kappa shape index (κ2) is 12.4. The van der Waals surface area contributed by atoms with E-state index in [1.165, 1.54) is 12.1 Å². The summed E-state index contributed by atoms with van der Waals surface area (Å²) < 4.78 is 88.3. The molecular formula is C27H31F3N2O4S2. The second-order valence-electron chi connectivity index (χ2n) is 9.29. The molecule has 2 N–H and O–H groups in total. The summed E-state index contributed by atoms with van der Waals surface area (Å²) >= 11 is -2.48. The third-order valence-corrected chi connectivity index (χ3v) is 8.81. The summed E-state index contributed by atoms with van der Waals surface area (Å²) in [6, 6.07) is 19.8. The summed E-state index contributed by atoms with van der Waals surface area (Å²) in [7, 11) is -3.32. The third kappa shape index (κ3) is 7.89. The smallest absolute Gasteiger partial charge is 0.289 e. The van der Waals surface area contributed by atoms with Crippen LogP contribution < -0.4 is 9.03 Å². The standard InChI is InChI=1S/C27H31F3N2O4S2/c1-19(2)38(35,36)31-18-20(3)22-11-13-24(14-12-22)23-9-7-21(8-10-23)15-16-32(37(33)34)26-6-4-5-25(17-26)27(28,29)30/h4-14,17,19-20,31H,15-16,18H2,1-3H3,(H,33,34). The van der Waals surface area contributed by atoms with Crippen LogP contribution in [0.5, 0.6) is 0 Å². The van der Waals surface area contributed by atoms with E-state index < -0.39 is 38.3 Å². The lowest BCUT2D eigenvalue weighted by Gasteiger charge is -2.21. The molecule has 6 nitrogen and oxygen atoms in total. The fraction of sp³-hybridized carbons (Fsp3) is 0.333. The summed E-state index contributed by atoms with van der Waals surface area (Å²) in [5.74, 6) is -0.00296. The predicted molar refractivity (Wildman–Crippen MR) is 146 cm³/mol. The van der Waals surface area contributed by atoms with Gasteiger partial charge in [0.25, 0.3) is 11.3 Å². The van der Waals surface area contributed by atoms with Crippen molar-refractivity contribution in [3.05, 3.63) is 89.5 Å². The van der Waals surface area contributed by atoms with Crippen LogP contribution in [0, 0.1) is 0 Å². The van der Waals surface area contributed by atoms with Crippen LogP contribution >= 0.6 is 0 Å². The summed E-state index contributed by atoms with van der Waals surface area (Å²) in [6.45, 7) is 5.58. The number of hydrogen-bond acceptors (Lipinski definition) is 3. The van der Waals surface area contributed by atoms with Crippen molar-refractivity contribution < 1.29 is 30.4 Å². The average molecular weight is 569 g/mol. The van der Waals surface area contributed by atoms with Crippen LogP contribution in [0.2, 0.25) is 0 Å². The largest absolute Gasteiger partial charge is 0.416 e. The molecular weight excluding hydrogens is 537 g/mol. The predicted octanol–water partition coefficient (Wildman–Crippen LogP) is 5.99. The van der Waals surface area contributed by atoms with Gasteiger partial charge >= 0.3 is 6.18 Å². The molecule has 0 spiro atoms. The molecule has 11 heteroatoms. The molecule has 0 fully saturated rings. The van der Waals surface area contributed by atoms with E-state index in [2.05, 4.69) is 4.72 Å². The molecule has 3 aromatic rings. The summed E-state index contributed by atoms with van der Waals surface area (Å²) in [5, 5.41) is -0.491. The Balaban J connectivity index is 1.64. The molecule has 0 bridgehead atoms. The molecule has 0 heterocycles. The monoisotopic (exact) mass is 568 g/mol. The molecule has 0 aliphatic rings. The second-order valence-corrected chi connectivity index (χ2v) is 12.5. The number of nitrogens with zero attached hydrogens (tertiary/aromatic N) is 1. The maximum atomic E-state index is 13.0. The van der Waals surface area contributed by atoms with E-state index in [1.54, 1.807) is 13.8 Å². The first-order valence-corrected chi connectivity index (χ1v) is 14.6. The van der Waals surface area contributed by atoms with Gasteiger partial charge in [0, 0.05) is 13.1 Å². The van der Waals surface area contributed by atoms with Gasteiger partial charge in [-0.25, -0.2) is 17.3 Å². The highest BCUT2D eigenvalue weighted by Crippen LogP contribution is 2.32.